The minimum Gasteiger partial charge on any atom is -0.475 e. The van der Waals surface area contributed by atoms with E-state index in [0.29, 0.717) is 0 Å². The summed E-state index contributed by atoms with van der Waals surface area (Å²) in [7, 11) is -4.04. The van der Waals surface area contributed by atoms with Gasteiger partial charge in [0.25, 0.3) is 10.0 Å². The van der Waals surface area contributed by atoms with Crippen molar-refractivity contribution in [3.8, 4) is 0 Å². The Balaban J connectivity index is 1.72. The first-order valence-corrected chi connectivity index (χ1v) is 9.15. The number of sulfonamides is 1. The van der Waals surface area contributed by atoms with Crippen LogP contribution in [0.1, 0.15) is 16.2 Å². The second kappa shape index (κ2) is 6.85. The Kier molecular flexibility index (Phi) is 4.86. The number of anilines is 1. The highest BCUT2D eigenvalue weighted by Crippen LogP contribution is 2.29. The van der Waals surface area contributed by atoms with Crippen molar-refractivity contribution in [2.24, 2.45) is 0 Å². The highest BCUT2D eigenvalue weighted by atomic mass is 32.2. The fourth-order valence-corrected chi connectivity index (χ4v) is 3.95. The van der Waals surface area contributed by atoms with E-state index in [1.165, 1.54) is 12.1 Å². The molecule has 0 atom stereocenters. The second-order valence-electron chi connectivity index (χ2n) is 5.69. The molecule has 1 saturated heterocycles. The number of pyridine rings is 1. The first kappa shape index (κ1) is 19.2. The SMILES string of the molecule is O=C(O)c1ccc(S(=O)(=O)N2CCN(c3cccc(C(F)(F)F)n3)CC2)o1. The number of rotatable bonds is 4. The fraction of sp³-hybridized carbons (Fsp3) is 0.333. The summed E-state index contributed by atoms with van der Waals surface area (Å²) in [5.41, 5.74) is -1.02. The molecule has 0 bridgehead atoms. The molecule has 0 aromatic carbocycles. The molecule has 1 aliphatic heterocycles. The van der Waals surface area contributed by atoms with Gasteiger partial charge >= 0.3 is 12.1 Å². The molecule has 0 unspecified atom stereocenters. The third-order valence-electron chi connectivity index (χ3n) is 3.97. The Morgan fingerprint density at radius 3 is 2.33 bits per heavy atom. The Bertz CT molecular complexity index is 950. The molecule has 27 heavy (non-hydrogen) atoms. The van der Waals surface area contributed by atoms with Crippen LogP contribution in [0.15, 0.2) is 39.8 Å². The summed E-state index contributed by atoms with van der Waals surface area (Å²) in [5.74, 6) is -1.79. The molecule has 2 aromatic rings. The molecule has 0 saturated carbocycles. The molecular formula is C15H14F3N3O5S. The molecule has 146 valence electrons. The third-order valence-corrected chi connectivity index (χ3v) is 5.75. The van der Waals surface area contributed by atoms with Crippen LogP contribution in [-0.4, -0.2) is 55.0 Å². The molecule has 3 rings (SSSR count). The van der Waals surface area contributed by atoms with Crippen molar-refractivity contribution in [1.29, 1.82) is 0 Å². The monoisotopic (exact) mass is 405 g/mol. The summed E-state index contributed by atoms with van der Waals surface area (Å²) in [6, 6.07) is 5.62. The van der Waals surface area contributed by atoms with Gasteiger partial charge in [0.2, 0.25) is 10.9 Å². The fourth-order valence-electron chi connectivity index (χ4n) is 2.62. The van der Waals surface area contributed by atoms with Crippen LogP contribution in [0, 0.1) is 0 Å². The first-order valence-electron chi connectivity index (χ1n) is 7.71. The Labute approximate surface area is 151 Å². The zero-order valence-electron chi connectivity index (χ0n) is 13.7. The van der Waals surface area contributed by atoms with E-state index in [0.717, 1.165) is 22.5 Å². The van der Waals surface area contributed by atoms with Gasteiger partial charge in [-0.15, -0.1) is 0 Å². The van der Waals surface area contributed by atoms with Crippen molar-refractivity contribution < 1.29 is 35.9 Å². The van der Waals surface area contributed by atoms with Gasteiger partial charge in [0.1, 0.15) is 11.5 Å². The zero-order valence-corrected chi connectivity index (χ0v) is 14.5. The van der Waals surface area contributed by atoms with Gasteiger partial charge in [0.15, 0.2) is 0 Å². The predicted octanol–water partition coefficient (Wildman–Crippen LogP) is 1.90. The van der Waals surface area contributed by atoms with Crippen molar-refractivity contribution in [3.63, 3.8) is 0 Å². The van der Waals surface area contributed by atoms with Crippen LogP contribution < -0.4 is 4.90 Å². The van der Waals surface area contributed by atoms with Crippen LogP contribution in [0.25, 0.3) is 0 Å². The Hall–Kier alpha value is -2.60. The molecule has 2 aromatic heterocycles. The predicted molar refractivity (Wildman–Crippen MR) is 85.9 cm³/mol. The molecular weight excluding hydrogens is 391 g/mol. The van der Waals surface area contributed by atoms with Crippen LogP contribution in [0.3, 0.4) is 0 Å². The van der Waals surface area contributed by atoms with Gasteiger partial charge in [-0.1, -0.05) is 6.07 Å². The number of nitrogens with zero attached hydrogens (tertiary/aromatic N) is 3. The summed E-state index contributed by atoms with van der Waals surface area (Å²) in [6.07, 6.45) is -4.57. The van der Waals surface area contributed by atoms with Crippen molar-refractivity contribution >= 4 is 21.8 Å². The lowest BCUT2D eigenvalue weighted by Gasteiger charge is -2.34. The highest BCUT2D eigenvalue weighted by Gasteiger charge is 2.34. The Morgan fingerprint density at radius 1 is 1.11 bits per heavy atom. The van der Waals surface area contributed by atoms with Gasteiger partial charge in [-0.25, -0.2) is 18.2 Å². The standard InChI is InChI=1S/C15H14F3N3O5S/c16-15(17,18)11-2-1-3-12(19-11)20-6-8-21(9-7-20)27(24,25)13-5-4-10(26-13)14(22)23/h1-5H,6-9H2,(H,22,23). The van der Waals surface area contributed by atoms with E-state index in [-0.39, 0.29) is 32.0 Å². The zero-order chi connectivity index (χ0) is 19.8. The normalized spacial score (nSPS) is 16.5. The second-order valence-corrected chi connectivity index (χ2v) is 7.56. The molecule has 8 nitrogen and oxygen atoms in total. The van der Waals surface area contributed by atoms with Crippen molar-refractivity contribution in [2.75, 3.05) is 31.1 Å². The van der Waals surface area contributed by atoms with Crippen LogP contribution in [0.4, 0.5) is 19.0 Å². The molecule has 1 fully saturated rings. The largest absolute Gasteiger partial charge is 0.475 e. The van der Waals surface area contributed by atoms with E-state index in [1.807, 2.05) is 0 Å². The number of aromatic carboxylic acids is 1. The van der Waals surface area contributed by atoms with E-state index < -0.39 is 38.7 Å². The number of carboxylic acids is 1. The molecule has 0 amide bonds. The maximum atomic E-state index is 12.8. The van der Waals surface area contributed by atoms with Crippen molar-refractivity contribution in [3.05, 3.63) is 41.8 Å². The van der Waals surface area contributed by atoms with Gasteiger partial charge in [0.05, 0.1) is 0 Å². The van der Waals surface area contributed by atoms with E-state index in [4.69, 9.17) is 9.52 Å². The number of alkyl halides is 3. The minimum absolute atomic E-state index is 0.0106. The van der Waals surface area contributed by atoms with Crippen LogP contribution in [-0.2, 0) is 16.2 Å². The summed E-state index contributed by atoms with van der Waals surface area (Å²) < 4.78 is 69.3. The lowest BCUT2D eigenvalue weighted by molar-refractivity contribution is -0.141. The lowest BCUT2D eigenvalue weighted by atomic mass is 10.3. The lowest BCUT2D eigenvalue weighted by Crippen LogP contribution is -2.48. The van der Waals surface area contributed by atoms with E-state index in [9.17, 15) is 26.4 Å². The maximum Gasteiger partial charge on any atom is 0.433 e. The summed E-state index contributed by atoms with van der Waals surface area (Å²) >= 11 is 0. The number of piperazine rings is 1. The van der Waals surface area contributed by atoms with E-state index in [2.05, 4.69) is 4.98 Å². The van der Waals surface area contributed by atoms with Crippen molar-refractivity contribution in [2.45, 2.75) is 11.3 Å². The molecule has 1 aliphatic rings. The van der Waals surface area contributed by atoms with Crippen molar-refractivity contribution in [1.82, 2.24) is 9.29 Å². The van der Waals surface area contributed by atoms with Gasteiger partial charge < -0.3 is 14.4 Å². The summed E-state index contributed by atoms with van der Waals surface area (Å²) in [6.45, 7) is 0.229. The number of carbonyl (C=O) groups is 1. The first-order chi connectivity index (χ1) is 12.6. The smallest absolute Gasteiger partial charge is 0.433 e. The average Bonchev–Trinajstić information content (AvgIpc) is 3.12. The quantitative estimate of drug-likeness (QED) is 0.829. The van der Waals surface area contributed by atoms with Gasteiger partial charge in [-0.3, -0.25) is 0 Å². The molecule has 1 N–H and O–H groups in total. The molecule has 3 heterocycles. The maximum absolute atomic E-state index is 12.8. The number of hydrogen-bond acceptors (Lipinski definition) is 6. The van der Waals surface area contributed by atoms with Crippen LogP contribution in [0.5, 0.6) is 0 Å². The summed E-state index contributed by atoms with van der Waals surface area (Å²) in [4.78, 5) is 16.0. The number of furan rings is 1. The molecule has 0 spiro atoms. The van der Waals surface area contributed by atoms with Gasteiger partial charge in [0, 0.05) is 26.2 Å². The van der Waals surface area contributed by atoms with Gasteiger partial charge in [-0.2, -0.15) is 17.5 Å². The number of hydrogen-bond donors (Lipinski definition) is 1. The minimum atomic E-state index is -4.57. The van der Waals surface area contributed by atoms with E-state index in [1.54, 1.807) is 4.90 Å². The third kappa shape index (κ3) is 3.90. The molecule has 12 heteroatoms. The topological polar surface area (TPSA) is 104 Å². The van der Waals surface area contributed by atoms with Crippen LogP contribution >= 0.6 is 0 Å². The number of carboxylic acid groups (broad SMARTS) is 1. The summed E-state index contributed by atoms with van der Waals surface area (Å²) in [5, 5.41) is 8.32. The number of aromatic nitrogens is 1. The van der Waals surface area contributed by atoms with E-state index >= 15 is 0 Å². The highest BCUT2D eigenvalue weighted by molar-refractivity contribution is 7.89. The number of halogens is 3. The molecule has 0 aliphatic carbocycles. The Morgan fingerprint density at radius 2 is 1.78 bits per heavy atom. The average molecular weight is 405 g/mol. The van der Waals surface area contributed by atoms with Gasteiger partial charge in [-0.05, 0) is 24.3 Å². The molecule has 0 radical (unpaired) electrons. The van der Waals surface area contributed by atoms with Crippen LogP contribution in [0.2, 0.25) is 0 Å².